The highest BCUT2D eigenvalue weighted by Crippen LogP contribution is 2.20. The van der Waals surface area contributed by atoms with Gasteiger partial charge >= 0.3 is 0 Å². The van der Waals surface area contributed by atoms with Gasteiger partial charge in [-0.05, 0) is 25.1 Å². The second kappa shape index (κ2) is 4.85. The lowest BCUT2D eigenvalue weighted by Crippen LogP contribution is -2.06. The molecule has 5 nitrogen and oxygen atoms in total. The van der Waals surface area contributed by atoms with Crippen molar-refractivity contribution in [1.82, 2.24) is 19.3 Å². The fraction of sp³-hybridized carbons (Fsp3) is 0.200. The largest absolute Gasteiger partial charge is 0.399 e. The number of nitrogens with zero attached hydrogens (tertiary/aromatic N) is 4. The van der Waals surface area contributed by atoms with Crippen LogP contribution < -0.4 is 5.73 Å². The molecule has 0 aliphatic heterocycles. The Morgan fingerprint density at radius 1 is 1.25 bits per heavy atom. The van der Waals surface area contributed by atoms with E-state index in [9.17, 15) is 0 Å². The Bertz CT molecular complexity index is 738. The van der Waals surface area contributed by atoms with Crippen LogP contribution in [-0.4, -0.2) is 19.3 Å². The third-order valence-electron chi connectivity index (χ3n) is 3.29. The van der Waals surface area contributed by atoms with Crippen LogP contribution in [-0.2, 0) is 13.6 Å². The molecule has 2 N–H and O–H groups in total. The third kappa shape index (κ3) is 2.30. The van der Waals surface area contributed by atoms with Gasteiger partial charge in [0.15, 0.2) is 0 Å². The summed E-state index contributed by atoms with van der Waals surface area (Å²) in [6, 6.07) is 9.86. The minimum Gasteiger partial charge on any atom is -0.399 e. The maximum absolute atomic E-state index is 5.84. The van der Waals surface area contributed by atoms with Crippen LogP contribution >= 0.6 is 0 Å². The number of imidazole rings is 1. The van der Waals surface area contributed by atoms with Gasteiger partial charge < -0.3 is 10.3 Å². The molecule has 0 saturated heterocycles. The summed E-state index contributed by atoms with van der Waals surface area (Å²) < 4.78 is 4.00. The SMILES string of the molecule is Cc1cc(Cn2ccnc2-c2cccc(N)c2)n(C)n1. The monoisotopic (exact) mass is 267 g/mol. The minimum absolute atomic E-state index is 0.738. The zero-order valence-electron chi connectivity index (χ0n) is 11.6. The van der Waals surface area contributed by atoms with Gasteiger partial charge in [-0.2, -0.15) is 5.10 Å². The summed E-state index contributed by atoms with van der Waals surface area (Å²) in [4.78, 5) is 4.44. The summed E-state index contributed by atoms with van der Waals surface area (Å²) in [5.74, 6) is 0.913. The summed E-state index contributed by atoms with van der Waals surface area (Å²) in [6.07, 6.45) is 3.78. The van der Waals surface area contributed by atoms with Gasteiger partial charge in [-0.15, -0.1) is 0 Å². The Kier molecular flexibility index (Phi) is 3.02. The van der Waals surface area contributed by atoms with E-state index in [0.29, 0.717) is 0 Å². The van der Waals surface area contributed by atoms with Crippen LogP contribution in [0, 0.1) is 6.92 Å². The lowest BCUT2D eigenvalue weighted by Gasteiger charge is -2.08. The van der Waals surface area contributed by atoms with E-state index in [2.05, 4.69) is 20.7 Å². The van der Waals surface area contributed by atoms with E-state index in [-0.39, 0.29) is 0 Å². The van der Waals surface area contributed by atoms with Crippen molar-refractivity contribution in [2.45, 2.75) is 13.5 Å². The molecule has 0 aliphatic rings. The van der Waals surface area contributed by atoms with Gasteiger partial charge in [0, 0.05) is 30.7 Å². The molecule has 102 valence electrons. The van der Waals surface area contributed by atoms with Gasteiger partial charge in [0.25, 0.3) is 0 Å². The summed E-state index contributed by atoms with van der Waals surface area (Å²) in [7, 11) is 1.96. The molecule has 0 radical (unpaired) electrons. The molecule has 0 aliphatic carbocycles. The number of hydrogen-bond acceptors (Lipinski definition) is 3. The minimum atomic E-state index is 0.738. The van der Waals surface area contributed by atoms with E-state index in [1.165, 1.54) is 0 Å². The maximum atomic E-state index is 5.84. The highest BCUT2D eigenvalue weighted by Gasteiger charge is 2.09. The van der Waals surface area contributed by atoms with Crippen LogP contribution in [0.4, 0.5) is 5.69 Å². The van der Waals surface area contributed by atoms with Crippen LogP contribution in [0.25, 0.3) is 11.4 Å². The van der Waals surface area contributed by atoms with E-state index in [1.54, 1.807) is 0 Å². The summed E-state index contributed by atoms with van der Waals surface area (Å²) >= 11 is 0. The Balaban J connectivity index is 1.96. The van der Waals surface area contributed by atoms with E-state index in [1.807, 2.05) is 55.3 Å². The summed E-state index contributed by atoms with van der Waals surface area (Å²) in [6.45, 7) is 2.73. The Morgan fingerprint density at radius 2 is 2.10 bits per heavy atom. The van der Waals surface area contributed by atoms with Gasteiger partial charge in [-0.25, -0.2) is 4.98 Å². The molecule has 0 fully saturated rings. The first kappa shape index (κ1) is 12.5. The van der Waals surface area contributed by atoms with Gasteiger partial charge in [0.2, 0.25) is 0 Å². The molecule has 2 heterocycles. The molecule has 0 bridgehead atoms. The summed E-state index contributed by atoms with van der Waals surface area (Å²) in [5, 5.41) is 4.37. The fourth-order valence-electron chi connectivity index (χ4n) is 2.36. The smallest absolute Gasteiger partial charge is 0.140 e. The van der Waals surface area contributed by atoms with Crippen molar-refractivity contribution in [2.75, 3.05) is 5.73 Å². The fourth-order valence-corrected chi connectivity index (χ4v) is 2.36. The predicted octanol–water partition coefficient (Wildman–Crippen LogP) is 2.22. The van der Waals surface area contributed by atoms with Crippen molar-refractivity contribution in [3.05, 3.63) is 54.1 Å². The molecule has 0 amide bonds. The second-order valence-electron chi connectivity index (χ2n) is 4.90. The third-order valence-corrected chi connectivity index (χ3v) is 3.29. The van der Waals surface area contributed by atoms with Crippen LogP contribution in [0.2, 0.25) is 0 Å². The highest BCUT2D eigenvalue weighted by atomic mass is 15.3. The first-order chi connectivity index (χ1) is 9.63. The number of nitrogen functional groups attached to an aromatic ring is 1. The summed E-state index contributed by atoms with van der Waals surface area (Å²) in [5.41, 5.74) is 9.78. The Morgan fingerprint density at radius 3 is 2.80 bits per heavy atom. The average Bonchev–Trinajstić information content (AvgIpc) is 2.97. The zero-order valence-corrected chi connectivity index (χ0v) is 11.6. The van der Waals surface area contributed by atoms with Crippen molar-refractivity contribution in [3.8, 4) is 11.4 Å². The highest BCUT2D eigenvalue weighted by molar-refractivity contribution is 5.61. The van der Waals surface area contributed by atoms with Gasteiger partial charge in [0.1, 0.15) is 5.82 Å². The molecule has 3 aromatic rings. The molecular weight excluding hydrogens is 250 g/mol. The molecule has 0 unspecified atom stereocenters. The second-order valence-corrected chi connectivity index (χ2v) is 4.90. The standard InChI is InChI=1S/C15H17N5/c1-11-8-14(19(2)18-11)10-20-7-6-17-15(20)12-4-3-5-13(16)9-12/h3-9H,10,16H2,1-2H3. The maximum Gasteiger partial charge on any atom is 0.140 e. The van der Waals surface area contributed by atoms with Crippen molar-refractivity contribution in [2.24, 2.45) is 7.05 Å². The van der Waals surface area contributed by atoms with Crippen molar-refractivity contribution in [3.63, 3.8) is 0 Å². The quantitative estimate of drug-likeness (QED) is 0.740. The number of aryl methyl sites for hydroxylation is 2. The number of aromatic nitrogens is 4. The van der Waals surface area contributed by atoms with Crippen molar-refractivity contribution in [1.29, 1.82) is 0 Å². The first-order valence-electron chi connectivity index (χ1n) is 6.50. The normalized spacial score (nSPS) is 10.9. The molecule has 0 spiro atoms. The van der Waals surface area contributed by atoms with E-state index < -0.39 is 0 Å². The topological polar surface area (TPSA) is 61.7 Å². The molecule has 3 rings (SSSR count). The lowest BCUT2D eigenvalue weighted by atomic mass is 10.2. The lowest BCUT2D eigenvalue weighted by molar-refractivity contribution is 0.666. The van der Waals surface area contributed by atoms with Crippen LogP contribution in [0.3, 0.4) is 0 Å². The van der Waals surface area contributed by atoms with Gasteiger partial charge in [-0.1, -0.05) is 12.1 Å². The molecule has 20 heavy (non-hydrogen) atoms. The molecule has 1 aromatic carbocycles. The van der Waals surface area contributed by atoms with E-state index in [4.69, 9.17) is 5.73 Å². The van der Waals surface area contributed by atoms with Crippen molar-refractivity contribution < 1.29 is 0 Å². The molecule has 5 heteroatoms. The van der Waals surface area contributed by atoms with Crippen LogP contribution in [0.5, 0.6) is 0 Å². The van der Waals surface area contributed by atoms with Crippen LogP contribution in [0.15, 0.2) is 42.7 Å². The zero-order chi connectivity index (χ0) is 14.1. The number of hydrogen-bond donors (Lipinski definition) is 1. The van der Waals surface area contributed by atoms with Crippen molar-refractivity contribution >= 4 is 5.69 Å². The van der Waals surface area contributed by atoms with E-state index >= 15 is 0 Å². The average molecular weight is 267 g/mol. The Hall–Kier alpha value is -2.56. The number of benzene rings is 1. The first-order valence-corrected chi connectivity index (χ1v) is 6.50. The van der Waals surface area contributed by atoms with Gasteiger partial charge in [0.05, 0.1) is 17.9 Å². The predicted molar refractivity (Wildman–Crippen MR) is 79.1 cm³/mol. The molecule has 2 aromatic heterocycles. The number of nitrogens with two attached hydrogens (primary N) is 1. The Labute approximate surface area is 117 Å². The van der Waals surface area contributed by atoms with Crippen LogP contribution in [0.1, 0.15) is 11.4 Å². The number of anilines is 1. The molecule has 0 atom stereocenters. The van der Waals surface area contributed by atoms with E-state index in [0.717, 1.165) is 35.0 Å². The molecule has 0 saturated carbocycles. The number of rotatable bonds is 3. The molecular formula is C15H17N5. The van der Waals surface area contributed by atoms with Gasteiger partial charge in [-0.3, -0.25) is 4.68 Å².